The van der Waals surface area contributed by atoms with Crippen molar-refractivity contribution in [2.45, 2.75) is 33.4 Å². The van der Waals surface area contributed by atoms with Gasteiger partial charge in [-0.25, -0.2) is 4.98 Å². The highest BCUT2D eigenvalue weighted by molar-refractivity contribution is 6.02. The average Bonchev–Trinajstić information content (AvgIpc) is 2.74. The Kier molecular flexibility index (Phi) is 6.78. The number of rotatable bonds is 7. The number of aromatic nitrogens is 1. The van der Waals surface area contributed by atoms with Crippen molar-refractivity contribution in [2.24, 2.45) is 5.73 Å². The number of methoxy groups -OCH3 is 1. The van der Waals surface area contributed by atoms with Gasteiger partial charge in [0.1, 0.15) is 17.6 Å². The molecule has 0 radical (unpaired) electrons. The van der Waals surface area contributed by atoms with Gasteiger partial charge in [0.2, 0.25) is 5.91 Å². The molecule has 0 spiro atoms. The molecule has 7 heteroatoms. The van der Waals surface area contributed by atoms with E-state index in [2.05, 4.69) is 4.98 Å². The smallest absolute Gasteiger partial charge is 0.259 e. The van der Waals surface area contributed by atoms with E-state index in [-0.39, 0.29) is 17.9 Å². The second-order valence-corrected chi connectivity index (χ2v) is 7.84. The molecule has 7 nitrogen and oxygen atoms in total. The van der Waals surface area contributed by atoms with Crippen LogP contribution in [0.4, 0.5) is 5.82 Å². The minimum atomic E-state index is -1.03. The largest absolute Gasteiger partial charge is 0.497 e. The predicted molar refractivity (Wildman–Crippen MR) is 124 cm³/mol. The SMILES string of the molecule is COc1cccc(C(C(N)=O)N(Cc2ccc(C)cc2)C(=O)c2c(C)cc(C)nc2N)c1. The maximum Gasteiger partial charge on any atom is 0.259 e. The monoisotopic (exact) mass is 432 g/mol. The Hall–Kier alpha value is -3.87. The first-order chi connectivity index (χ1) is 15.2. The van der Waals surface area contributed by atoms with E-state index in [1.165, 1.54) is 12.0 Å². The lowest BCUT2D eigenvalue weighted by Gasteiger charge is -2.31. The molecule has 2 amide bonds. The molecule has 1 atom stereocenters. The highest BCUT2D eigenvalue weighted by Crippen LogP contribution is 2.29. The van der Waals surface area contributed by atoms with Crippen LogP contribution in [0.3, 0.4) is 0 Å². The number of nitrogen functional groups attached to an aromatic ring is 1. The van der Waals surface area contributed by atoms with E-state index in [9.17, 15) is 9.59 Å². The first-order valence-corrected chi connectivity index (χ1v) is 10.2. The molecule has 0 aliphatic rings. The third kappa shape index (κ3) is 4.88. The summed E-state index contributed by atoms with van der Waals surface area (Å²) in [6, 6.07) is 15.5. The number of anilines is 1. The molecule has 32 heavy (non-hydrogen) atoms. The fourth-order valence-electron chi connectivity index (χ4n) is 3.77. The first-order valence-electron chi connectivity index (χ1n) is 10.2. The van der Waals surface area contributed by atoms with Crippen LogP contribution in [0.5, 0.6) is 5.75 Å². The molecule has 1 aromatic heterocycles. The first kappa shape index (κ1) is 22.8. The van der Waals surface area contributed by atoms with Gasteiger partial charge in [-0.3, -0.25) is 9.59 Å². The van der Waals surface area contributed by atoms with Gasteiger partial charge < -0.3 is 21.1 Å². The third-order valence-electron chi connectivity index (χ3n) is 5.31. The van der Waals surface area contributed by atoms with E-state index in [0.29, 0.717) is 22.6 Å². The Morgan fingerprint density at radius 1 is 1.06 bits per heavy atom. The van der Waals surface area contributed by atoms with Gasteiger partial charge in [0.15, 0.2) is 0 Å². The van der Waals surface area contributed by atoms with Crippen molar-refractivity contribution >= 4 is 17.6 Å². The van der Waals surface area contributed by atoms with E-state index in [1.807, 2.05) is 38.1 Å². The van der Waals surface area contributed by atoms with E-state index >= 15 is 0 Å². The van der Waals surface area contributed by atoms with Crippen LogP contribution >= 0.6 is 0 Å². The van der Waals surface area contributed by atoms with Crippen molar-refractivity contribution in [3.8, 4) is 5.75 Å². The van der Waals surface area contributed by atoms with E-state index < -0.39 is 17.9 Å². The molecule has 1 unspecified atom stereocenters. The molecule has 0 fully saturated rings. The summed E-state index contributed by atoms with van der Waals surface area (Å²) in [7, 11) is 1.54. The second kappa shape index (κ2) is 9.51. The lowest BCUT2D eigenvalue weighted by molar-refractivity contribution is -0.122. The number of amides is 2. The van der Waals surface area contributed by atoms with Gasteiger partial charge in [-0.1, -0.05) is 42.0 Å². The van der Waals surface area contributed by atoms with Crippen molar-refractivity contribution in [3.05, 3.63) is 88.1 Å². The summed E-state index contributed by atoms with van der Waals surface area (Å²) < 4.78 is 5.31. The normalized spacial score (nSPS) is 11.6. The number of carbonyl (C=O) groups is 2. The zero-order chi connectivity index (χ0) is 23.4. The van der Waals surface area contributed by atoms with Crippen LogP contribution in [0.2, 0.25) is 0 Å². The van der Waals surface area contributed by atoms with Crippen LogP contribution < -0.4 is 16.2 Å². The number of benzene rings is 2. The zero-order valence-electron chi connectivity index (χ0n) is 18.8. The fourth-order valence-corrected chi connectivity index (χ4v) is 3.77. The van der Waals surface area contributed by atoms with E-state index in [1.54, 1.807) is 37.3 Å². The summed E-state index contributed by atoms with van der Waals surface area (Å²) in [6.07, 6.45) is 0. The number of ether oxygens (including phenoxy) is 1. The van der Waals surface area contributed by atoms with Gasteiger partial charge in [-0.15, -0.1) is 0 Å². The van der Waals surface area contributed by atoms with Crippen molar-refractivity contribution in [1.29, 1.82) is 0 Å². The Morgan fingerprint density at radius 2 is 1.75 bits per heavy atom. The summed E-state index contributed by atoms with van der Waals surface area (Å²) in [5, 5.41) is 0. The molecule has 3 aromatic rings. The fraction of sp³-hybridized carbons (Fsp3) is 0.240. The summed E-state index contributed by atoms with van der Waals surface area (Å²) in [6.45, 7) is 5.76. The van der Waals surface area contributed by atoms with Crippen molar-refractivity contribution in [1.82, 2.24) is 9.88 Å². The van der Waals surface area contributed by atoms with Gasteiger partial charge in [-0.2, -0.15) is 0 Å². The van der Waals surface area contributed by atoms with Gasteiger partial charge in [0.25, 0.3) is 5.91 Å². The number of nitrogens with zero attached hydrogens (tertiary/aromatic N) is 2. The zero-order valence-corrected chi connectivity index (χ0v) is 18.8. The van der Waals surface area contributed by atoms with Crippen LogP contribution in [0.1, 0.15) is 44.3 Å². The number of primary amides is 1. The molecule has 0 aliphatic carbocycles. The van der Waals surface area contributed by atoms with Gasteiger partial charge in [0.05, 0.1) is 12.7 Å². The Labute approximate surface area is 188 Å². The molecule has 166 valence electrons. The predicted octanol–water partition coefficient (Wildman–Crippen LogP) is 3.47. The Bertz CT molecular complexity index is 1120. The summed E-state index contributed by atoms with van der Waals surface area (Å²) >= 11 is 0. The van der Waals surface area contributed by atoms with Crippen molar-refractivity contribution in [3.63, 3.8) is 0 Å². The Morgan fingerprint density at radius 3 is 2.34 bits per heavy atom. The number of hydrogen-bond donors (Lipinski definition) is 2. The number of carbonyl (C=O) groups excluding carboxylic acids is 2. The lowest BCUT2D eigenvalue weighted by atomic mass is 10.00. The number of pyridine rings is 1. The minimum absolute atomic E-state index is 0.121. The topological polar surface area (TPSA) is 112 Å². The van der Waals surface area contributed by atoms with Crippen LogP contribution in [0.15, 0.2) is 54.6 Å². The van der Waals surface area contributed by atoms with Gasteiger partial charge >= 0.3 is 0 Å². The van der Waals surface area contributed by atoms with Gasteiger partial charge in [-0.05, 0) is 55.7 Å². The maximum atomic E-state index is 13.8. The quantitative estimate of drug-likeness (QED) is 0.594. The number of aryl methyl sites for hydroxylation is 3. The van der Waals surface area contributed by atoms with Crippen molar-refractivity contribution in [2.75, 3.05) is 12.8 Å². The van der Waals surface area contributed by atoms with Crippen LogP contribution in [-0.4, -0.2) is 28.8 Å². The molecule has 0 saturated carbocycles. The lowest BCUT2D eigenvalue weighted by Crippen LogP contribution is -2.42. The standard InChI is InChI=1S/C25H28N4O3/c1-15-8-10-18(11-9-15)14-29(25(31)21-16(2)12-17(3)28-23(21)26)22(24(27)30)19-6-5-7-20(13-19)32-4/h5-13,22H,14H2,1-4H3,(H2,26,28)(H2,27,30). The second-order valence-electron chi connectivity index (χ2n) is 7.84. The molecule has 2 aromatic carbocycles. The molecule has 4 N–H and O–H groups in total. The summed E-state index contributed by atoms with van der Waals surface area (Å²) in [5.41, 5.74) is 16.1. The van der Waals surface area contributed by atoms with E-state index in [4.69, 9.17) is 16.2 Å². The Balaban J connectivity index is 2.15. The third-order valence-corrected chi connectivity index (χ3v) is 5.31. The van der Waals surface area contributed by atoms with Crippen LogP contribution in [-0.2, 0) is 11.3 Å². The van der Waals surface area contributed by atoms with Gasteiger partial charge in [0, 0.05) is 12.2 Å². The molecule has 0 aliphatic heterocycles. The number of nitrogens with two attached hydrogens (primary N) is 2. The molecule has 1 heterocycles. The van der Waals surface area contributed by atoms with Crippen LogP contribution in [0.25, 0.3) is 0 Å². The van der Waals surface area contributed by atoms with Crippen molar-refractivity contribution < 1.29 is 14.3 Å². The van der Waals surface area contributed by atoms with E-state index in [0.717, 1.165) is 11.1 Å². The molecule has 3 rings (SSSR count). The highest BCUT2D eigenvalue weighted by Gasteiger charge is 2.33. The molecule has 0 bridgehead atoms. The molecular weight excluding hydrogens is 404 g/mol. The maximum absolute atomic E-state index is 13.8. The molecule has 0 saturated heterocycles. The average molecular weight is 433 g/mol. The van der Waals surface area contributed by atoms with Crippen LogP contribution in [0, 0.1) is 20.8 Å². The number of hydrogen-bond acceptors (Lipinski definition) is 5. The minimum Gasteiger partial charge on any atom is -0.497 e. The summed E-state index contributed by atoms with van der Waals surface area (Å²) in [4.78, 5) is 32.2. The summed E-state index contributed by atoms with van der Waals surface area (Å²) in [5.74, 6) is -0.394. The molecular formula is C25H28N4O3. The highest BCUT2D eigenvalue weighted by atomic mass is 16.5.